The van der Waals surface area contributed by atoms with E-state index in [-0.39, 0.29) is 0 Å². The Morgan fingerprint density at radius 1 is 1.15 bits per heavy atom. The van der Waals surface area contributed by atoms with Gasteiger partial charge in [-0.1, -0.05) is 0 Å². The molecule has 1 N–H and O–H groups in total. The van der Waals surface area contributed by atoms with E-state index < -0.39 is 0 Å². The molecule has 2 heterocycles. The Labute approximate surface area is 80.4 Å². The van der Waals surface area contributed by atoms with Crippen molar-refractivity contribution >= 4 is 0 Å². The van der Waals surface area contributed by atoms with E-state index >= 15 is 0 Å². The van der Waals surface area contributed by atoms with Crippen LogP contribution in [0.25, 0.3) is 0 Å². The lowest BCUT2D eigenvalue weighted by atomic mass is 10.1. The second-order valence-electron chi connectivity index (χ2n) is 4.16. The Hall–Kier alpha value is -0.120. The van der Waals surface area contributed by atoms with Crippen molar-refractivity contribution in [2.24, 2.45) is 0 Å². The fourth-order valence-corrected chi connectivity index (χ4v) is 2.38. The lowest BCUT2D eigenvalue weighted by molar-refractivity contribution is 0.0313. The first-order valence-corrected chi connectivity index (χ1v) is 5.38. The summed E-state index contributed by atoms with van der Waals surface area (Å²) in [4.78, 5) is 2.56. The SMILES string of the molecule is CN(C1CCOCC1)C1CCNC1. The van der Waals surface area contributed by atoms with Gasteiger partial charge in [0.2, 0.25) is 0 Å². The van der Waals surface area contributed by atoms with Gasteiger partial charge in [0.25, 0.3) is 0 Å². The van der Waals surface area contributed by atoms with Crippen LogP contribution in [0.1, 0.15) is 19.3 Å². The van der Waals surface area contributed by atoms with E-state index in [1.807, 2.05) is 0 Å². The number of ether oxygens (including phenoxy) is 1. The highest BCUT2D eigenvalue weighted by Crippen LogP contribution is 2.17. The molecule has 0 amide bonds. The summed E-state index contributed by atoms with van der Waals surface area (Å²) < 4.78 is 5.37. The summed E-state index contributed by atoms with van der Waals surface area (Å²) in [6, 6.07) is 1.53. The van der Waals surface area contributed by atoms with E-state index in [1.165, 1.54) is 32.4 Å². The second kappa shape index (κ2) is 4.40. The van der Waals surface area contributed by atoms with Gasteiger partial charge in [-0.3, -0.25) is 4.90 Å². The van der Waals surface area contributed by atoms with Gasteiger partial charge >= 0.3 is 0 Å². The summed E-state index contributed by atoms with van der Waals surface area (Å²) in [6.45, 7) is 4.27. The van der Waals surface area contributed by atoms with E-state index in [2.05, 4.69) is 17.3 Å². The minimum Gasteiger partial charge on any atom is -0.381 e. The lowest BCUT2D eigenvalue weighted by Crippen LogP contribution is -2.44. The average molecular weight is 184 g/mol. The molecule has 1 unspecified atom stereocenters. The minimum atomic E-state index is 0.763. The monoisotopic (exact) mass is 184 g/mol. The van der Waals surface area contributed by atoms with Crippen molar-refractivity contribution in [1.29, 1.82) is 0 Å². The van der Waals surface area contributed by atoms with Gasteiger partial charge in [-0.2, -0.15) is 0 Å². The van der Waals surface area contributed by atoms with Gasteiger partial charge in [0, 0.05) is 31.8 Å². The lowest BCUT2D eigenvalue weighted by Gasteiger charge is -2.35. The number of nitrogens with zero attached hydrogens (tertiary/aromatic N) is 1. The first-order valence-electron chi connectivity index (χ1n) is 5.38. The first-order chi connectivity index (χ1) is 6.38. The molecule has 3 heteroatoms. The molecule has 2 rings (SSSR count). The van der Waals surface area contributed by atoms with Gasteiger partial charge in [0.05, 0.1) is 0 Å². The van der Waals surface area contributed by atoms with E-state index in [9.17, 15) is 0 Å². The maximum Gasteiger partial charge on any atom is 0.0480 e. The zero-order valence-corrected chi connectivity index (χ0v) is 8.46. The third kappa shape index (κ3) is 2.22. The van der Waals surface area contributed by atoms with Crippen LogP contribution >= 0.6 is 0 Å². The van der Waals surface area contributed by atoms with E-state index in [1.54, 1.807) is 0 Å². The van der Waals surface area contributed by atoms with Crippen LogP contribution in [-0.4, -0.2) is 50.3 Å². The van der Waals surface area contributed by atoms with E-state index in [4.69, 9.17) is 4.74 Å². The molecule has 0 aromatic heterocycles. The standard InChI is InChI=1S/C10H20N2O/c1-12(10-2-5-11-8-10)9-3-6-13-7-4-9/h9-11H,2-8H2,1H3. The quantitative estimate of drug-likeness (QED) is 0.675. The Kier molecular flexibility index (Phi) is 3.19. The Balaban J connectivity index is 1.83. The number of rotatable bonds is 2. The normalized spacial score (nSPS) is 31.4. The molecule has 0 radical (unpaired) electrons. The first kappa shape index (κ1) is 9.44. The zero-order valence-electron chi connectivity index (χ0n) is 8.46. The van der Waals surface area contributed by atoms with Crippen LogP contribution in [0.4, 0.5) is 0 Å². The molecular formula is C10H20N2O. The van der Waals surface area contributed by atoms with Crippen LogP contribution in [-0.2, 0) is 4.74 Å². The highest BCUT2D eigenvalue weighted by atomic mass is 16.5. The van der Waals surface area contributed by atoms with Crippen molar-refractivity contribution in [1.82, 2.24) is 10.2 Å². The van der Waals surface area contributed by atoms with Crippen LogP contribution in [0, 0.1) is 0 Å². The fraction of sp³-hybridized carbons (Fsp3) is 1.00. The van der Waals surface area contributed by atoms with E-state index in [0.717, 1.165) is 25.3 Å². The largest absolute Gasteiger partial charge is 0.381 e. The molecule has 0 bridgehead atoms. The predicted octanol–water partition coefficient (Wildman–Crippen LogP) is 0.459. The summed E-state index contributed by atoms with van der Waals surface area (Å²) in [5, 5.41) is 3.42. The van der Waals surface area contributed by atoms with Crippen molar-refractivity contribution in [3.8, 4) is 0 Å². The molecule has 2 aliphatic rings. The molecule has 2 saturated heterocycles. The molecule has 0 spiro atoms. The van der Waals surface area contributed by atoms with Gasteiger partial charge in [0.1, 0.15) is 0 Å². The van der Waals surface area contributed by atoms with Crippen LogP contribution < -0.4 is 5.32 Å². The molecule has 13 heavy (non-hydrogen) atoms. The summed E-state index contributed by atoms with van der Waals surface area (Å²) in [5.41, 5.74) is 0. The molecule has 0 aliphatic carbocycles. The number of hydrogen-bond donors (Lipinski definition) is 1. The Bertz CT molecular complexity index is 151. The summed E-state index contributed by atoms with van der Waals surface area (Å²) in [5.74, 6) is 0. The molecule has 3 nitrogen and oxygen atoms in total. The maximum atomic E-state index is 5.37. The minimum absolute atomic E-state index is 0.763. The van der Waals surface area contributed by atoms with Crippen molar-refractivity contribution in [3.63, 3.8) is 0 Å². The summed E-state index contributed by atoms with van der Waals surface area (Å²) >= 11 is 0. The maximum absolute atomic E-state index is 5.37. The third-order valence-corrected chi connectivity index (χ3v) is 3.38. The van der Waals surface area contributed by atoms with Gasteiger partial charge in [-0.05, 0) is 32.9 Å². The van der Waals surface area contributed by atoms with Crippen LogP contribution in [0.5, 0.6) is 0 Å². The molecule has 1 atom stereocenters. The number of nitrogens with one attached hydrogen (secondary N) is 1. The number of hydrogen-bond acceptors (Lipinski definition) is 3. The zero-order chi connectivity index (χ0) is 9.10. The molecule has 0 saturated carbocycles. The molecule has 0 aromatic carbocycles. The van der Waals surface area contributed by atoms with Crippen molar-refractivity contribution in [2.75, 3.05) is 33.4 Å². The highest BCUT2D eigenvalue weighted by molar-refractivity contribution is 4.83. The molecule has 2 aliphatic heterocycles. The highest BCUT2D eigenvalue weighted by Gasteiger charge is 2.26. The summed E-state index contributed by atoms with van der Waals surface area (Å²) in [7, 11) is 2.27. The smallest absolute Gasteiger partial charge is 0.0480 e. The van der Waals surface area contributed by atoms with Gasteiger partial charge < -0.3 is 10.1 Å². The fourth-order valence-electron chi connectivity index (χ4n) is 2.38. The van der Waals surface area contributed by atoms with Crippen LogP contribution in [0.3, 0.4) is 0 Å². The summed E-state index contributed by atoms with van der Waals surface area (Å²) in [6.07, 6.45) is 3.74. The van der Waals surface area contributed by atoms with Crippen LogP contribution in [0.15, 0.2) is 0 Å². The van der Waals surface area contributed by atoms with Crippen LogP contribution in [0.2, 0.25) is 0 Å². The van der Waals surface area contributed by atoms with Gasteiger partial charge in [-0.15, -0.1) is 0 Å². The predicted molar refractivity (Wildman–Crippen MR) is 52.9 cm³/mol. The number of likely N-dealkylation sites (N-methyl/N-ethyl adjacent to an activating group) is 1. The Morgan fingerprint density at radius 3 is 2.54 bits per heavy atom. The van der Waals surface area contributed by atoms with E-state index in [0.29, 0.717) is 0 Å². The molecular weight excluding hydrogens is 164 g/mol. The third-order valence-electron chi connectivity index (χ3n) is 3.38. The van der Waals surface area contributed by atoms with Gasteiger partial charge in [0.15, 0.2) is 0 Å². The van der Waals surface area contributed by atoms with Crippen molar-refractivity contribution in [3.05, 3.63) is 0 Å². The van der Waals surface area contributed by atoms with Crippen molar-refractivity contribution < 1.29 is 4.74 Å². The van der Waals surface area contributed by atoms with Crippen molar-refractivity contribution in [2.45, 2.75) is 31.3 Å². The second-order valence-corrected chi connectivity index (χ2v) is 4.16. The molecule has 2 fully saturated rings. The molecule has 0 aromatic rings. The topological polar surface area (TPSA) is 24.5 Å². The molecule has 76 valence electrons. The average Bonchev–Trinajstić information content (AvgIpc) is 2.71. The van der Waals surface area contributed by atoms with Gasteiger partial charge in [-0.25, -0.2) is 0 Å². The Morgan fingerprint density at radius 2 is 1.92 bits per heavy atom.